The number of methoxy groups -OCH3 is 1. The quantitative estimate of drug-likeness (QED) is 0.256. The number of nitro benzene ring substituents is 1. The highest BCUT2D eigenvalue weighted by molar-refractivity contribution is 6.00. The average molecular weight is 524 g/mol. The molecule has 0 amide bonds. The number of dihydropyridines is 1. The van der Waals surface area contributed by atoms with E-state index < -0.39 is 35.2 Å². The molecule has 1 aliphatic rings. The van der Waals surface area contributed by atoms with E-state index in [1.54, 1.807) is 6.92 Å². The van der Waals surface area contributed by atoms with Crippen LogP contribution in [0.25, 0.3) is 0 Å². The predicted molar refractivity (Wildman–Crippen MR) is 137 cm³/mol. The average Bonchev–Trinajstić information content (AvgIpc) is 2.88. The number of rotatable bonds is 11. The second-order valence-electron chi connectivity index (χ2n) is 8.76. The highest BCUT2D eigenvalue weighted by atomic mass is 16.6. The number of nitro groups is 1. The number of hydrogen-bond acceptors (Lipinski definition) is 9. The zero-order valence-electron chi connectivity index (χ0n) is 21.3. The monoisotopic (exact) mass is 523 g/mol. The lowest BCUT2D eigenvalue weighted by Crippen LogP contribution is -2.34. The molecule has 3 rings (SSSR count). The second kappa shape index (κ2) is 12.6. The minimum absolute atomic E-state index is 0.0255. The van der Waals surface area contributed by atoms with Crippen molar-refractivity contribution >= 4 is 23.6 Å². The number of ether oxygens (including phenoxy) is 2. The summed E-state index contributed by atoms with van der Waals surface area (Å²) in [5, 5.41) is 23.7. The normalized spacial score (nSPS) is 15.2. The van der Waals surface area contributed by atoms with Crippen molar-refractivity contribution in [2.24, 2.45) is 0 Å². The Morgan fingerprint density at radius 1 is 1.08 bits per heavy atom. The van der Waals surface area contributed by atoms with E-state index in [9.17, 15) is 29.6 Å². The number of carbonyl (C=O) groups excluding carboxylic acids is 2. The van der Waals surface area contributed by atoms with Gasteiger partial charge in [0, 0.05) is 36.6 Å². The summed E-state index contributed by atoms with van der Waals surface area (Å²) in [5.41, 5.74) is 1.29. The van der Waals surface area contributed by atoms with E-state index in [-0.39, 0.29) is 40.4 Å². The van der Waals surface area contributed by atoms with Crippen LogP contribution in [0.4, 0.5) is 5.69 Å². The first kappa shape index (κ1) is 28.1. The van der Waals surface area contributed by atoms with Gasteiger partial charge in [-0.05, 0) is 25.1 Å². The summed E-state index contributed by atoms with van der Waals surface area (Å²) in [7, 11) is 3.01. The molecule has 2 N–H and O–H groups in total. The second-order valence-corrected chi connectivity index (χ2v) is 8.76. The molecule has 0 aliphatic carbocycles. The van der Waals surface area contributed by atoms with Gasteiger partial charge in [-0.3, -0.25) is 19.8 Å². The summed E-state index contributed by atoms with van der Waals surface area (Å²) in [6, 6.07) is 15.3. The molecule has 38 heavy (non-hydrogen) atoms. The molecule has 0 fully saturated rings. The molecular formula is C27H29N3O8. The fourth-order valence-electron chi connectivity index (χ4n) is 4.31. The number of carboxylic acids is 1. The van der Waals surface area contributed by atoms with Gasteiger partial charge in [-0.2, -0.15) is 0 Å². The number of likely N-dealkylation sites (N-methyl/N-ethyl adjacent to an activating group) is 1. The zero-order valence-corrected chi connectivity index (χ0v) is 21.3. The number of carbonyl (C=O) groups is 3. The zero-order chi connectivity index (χ0) is 27.8. The number of nitrogens with one attached hydrogen (secondary N) is 1. The Labute approximate surface area is 219 Å². The first-order valence-corrected chi connectivity index (χ1v) is 11.8. The molecule has 11 heteroatoms. The summed E-state index contributed by atoms with van der Waals surface area (Å²) in [6.07, 6.45) is -0.556. The van der Waals surface area contributed by atoms with E-state index in [2.05, 4.69) is 5.32 Å². The Hall–Kier alpha value is -4.51. The van der Waals surface area contributed by atoms with Crippen molar-refractivity contribution in [1.82, 2.24) is 10.2 Å². The van der Waals surface area contributed by atoms with E-state index in [0.29, 0.717) is 13.1 Å². The van der Waals surface area contributed by atoms with Gasteiger partial charge in [0.05, 0.1) is 35.5 Å². The minimum Gasteiger partial charge on any atom is -0.481 e. The molecule has 0 saturated carbocycles. The van der Waals surface area contributed by atoms with Crippen LogP contribution in [0.5, 0.6) is 0 Å². The fraction of sp³-hybridized carbons (Fsp3) is 0.296. The number of hydrogen-bond donors (Lipinski definition) is 2. The smallest absolute Gasteiger partial charge is 0.336 e. The number of non-ortho nitro benzene ring substituents is 1. The molecule has 1 unspecified atom stereocenters. The molecule has 2 aromatic carbocycles. The van der Waals surface area contributed by atoms with Crippen LogP contribution >= 0.6 is 0 Å². The predicted octanol–water partition coefficient (Wildman–Crippen LogP) is 3.13. The van der Waals surface area contributed by atoms with Crippen molar-refractivity contribution in [2.75, 3.05) is 27.3 Å². The molecule has 0 radical (unpaired) electrons. The Morgan fingerprint density at radius 3 is 2.42 bits per heavy atom. The van der Waals surface area contributed by atoms with Crippen LogP contribution in [0.1, 0.15) is 30.4 Å². The highest BCUT2D eigenvalue weighted by Gasteiger charge is 2.39. The molecule has 1 atom stereocenters. The van der Waals surface area contributed by atoms with Crippen molar-refractivity contribution in [3.8, 4) is 0 Å². The van der Waals surface area contributed by atoms with Crippen molar-refractivity contribution < 1.29 is 33.9 Å². The van der Waals surface area contributed by atoms with E-state index in [1.165, 1.54) is 24.3 Å². The number of nitrogens with zero attached hydrogens (tertiary/aromatic N) is 2. The molecule has 2 aromatic rings. The Kier molecular flexibility index (Phi) is 9.33. The first-order chi connectivity index (χ1) is 18.1. The molecule has 0 spiro atoms. The molecule has 200 valence electrons. The maximum absolute atomic E-state index is 13.4. The van der Waals surface area contributed by atoms with Gasteiger partial charge in [0.25, 0.3) is 5.69 Å². The lowest BCUT2D eigenvalue weighted by atomic mass is 9.79. The maximum atomic E-state index is 13.4. The van der Waals surface area contributed by atoms with Crippen LogP contribution in [0.3, 0.4) is 0 Å². The topological polar surface area (TPSA) is 148 Å². The van der Waals surface area contributed by atoms with Crippen molar-refractivity contribution in [3.05, 3.63) is 98.4 Å². The van der Waals surface area contributed by atoms with Gasteiger partial charge in [0.15, 0.2) is 0 Å². The van der Waals surface area contributed by atoms with Gasteiger partial charge in [-0.25, -0.2) is 9.59 Å². The van der Waals surface area contributed by atoms with Crippen LogP contribution in [0.2, 0.25) is 0 Å². The highest BCUT2D eigenvalue weighted by Crippen LogP contribution is 2.40. The van der Waals surface area contributed by atoms with Crippen molar-refractivity contribution in [3.63, 3.8) is 0 Å². The molecule has 0 saturated heterocycles. The third kappa shape index (κ3) is 6.83. The van der Waals surface area contributed by atoms with Gasteiger partial charge in [0.2, 0.25) is 0 Å². The Bertz CT molecular complexity index is 1290. The molecule has 1 heterocycles. The summed E-state index contributed by atoms with van der Waals surface area (Å²) in [5.74, 6) is -3.97. The van der Waals surface area contributed by atoms with Crippen LogP contribution in [0.15, 0.2) is 77.1 Å². The number of benzene rings is 2. The third-order valence-electron chi connectivity index (χ3n) is 6.01. The number of esters is 2. The largest absolute Gasteiger partial charge is 0.481 e. The van der Waals surface area contributed by atoms with Crippen LogP contribution in [-0.2, 0) is 30.4 Å². The van der Waals surface area contributed by atoms with Gasteiger partial charge < -0.3 is 19.9 Å². The number of carboxylic acid groups (broad SMARTS) is 1. The lowest BCUT2D eigenvalue weighted by molar-refractivity contribution is -0.384. The molecule has 0 aromatic heterocycles. The minimum atomic E-state index is -1.22. The molecular weight excluding hydrogens is 494 g/mol. The molecule has 11 nitrogen and oxygen atoms in total. The lowest BCUT2D eigenvalue weighted by Gasteiger charge is -2.31. The van der Waals surface area contributed by atoms with E-state index >= 15 is 0 Å². The molecule has 0 bridgehead atoms. The summed E-state index contributed by atoms with van der Waals surface area (Å²) in [4.78, 5) is 50.6. The van der Waals surface area contributed by atoms with Gasteiger partial charge in [0.1, 0.15) is 6.61 Å². The third-order valence-corrected chi connectivity index (χ3v) is 6.01. The number of allylic oxidation sites excluding steroid dienone is 1. The Balaban J connectivity index is 1.93. The van der Waals surface area contributed by atoms with E-state index in [4.69, 9.17) is 9.47 Å². The van der Waals surface area contributed by atoms with Crippen LogP contribution in [0, 0.1) is 10.1 Å². The molecule has 1 aliphatic heterocycles. The first-order valence-electron chi connectivity index (χ1n) is 11.8. The van der Waals surface area contributed by atoms with E-state index in [0.717, 1.165) is 12.7 Å². The standard InChI is InChI=1S/C27H29N3O8/c1-17-23(27(34)38-13-12-29(2)16-18-8-5-4-6-9-18)24(19-10-7-11-20(14-19)30(35)36)25(26(33)37-3)21(28-17)15-22(31)32/h4-11,14,24,28H,12-13,15-16H2,1-3H3,(H,31,32). The van der Waals surface area contributed by atoms with E-state index in [1.807, 2.05) is 42.3 Å². The SMILES string of the molecule is COC(=O)C1=C(CC(=O)O)NC(C)=C(C(=O)OCCN(C)Cc2ccccc2)C1c1cccc([N+](=O)[O-])c1. The van der Waals surface area contributed by atoms with Crippen LogP contribution in [-0.4, -0.2) is 60.1 Å². The summed E-state index contributed by atoms with van der Waals surface area (Å²) >= 11 is 0. The van der Waals surface area contributed by atoms with Crippen molar-refractivity contribution in [2.45, 2.75) is 25.8 Å². The van der Waals surface area contributed by atoms with Gasteiger partial charge in [-0.15, -0.1) is 0 Å². The fourth-order valence-corrected chi connectivity index (χ4v) is 4.31. The van der Waals surface area contributed by atoms with Gasteiger partial charge >= 0.3 is 17.9 Å². The van der Waals surface area contributed by atoms with Crippen molar-refractivity contribution in [1.29, 1.82) is 0 Å². The van der Waals surface area contributed by atoms with Crippen LogP contribution < -0.4 is 5.32 Å². The summed E-state index contributed by atoms with van der Waals surface area (Å²) < 4.78 is 10.5. The number of aliphatic carboxylic acids is 1. The van der Waals surface area contributed by atoms with Gasteiger partial charge in [-0.1, -0.05) is 42.5 Å². The summed E-state index contributed by atoms with van der Waals surface area (Å²) in [6.45, 7) is 2.66. The maximum Gasteiger partial charge on any atom is 0.336 e. The Morgan fingerprint density at radius 2 is 1.79 bits per heavy atom.